The second-order valence-corrected chi connectivity index (χ2v) is 4.96. The third-order valence-electron chi connectivity index (χ3n) is 2.99. The summed E-state index contributed by atoms with van der Waals surface area (Å²) in [5.41, 5.74) is 0.433. The zero-order valence-corrected chi connectivity index (χ0v) is 12.4. The summed E-state index contributed by atoms with van der Waals surface area (Å²) >= 11 is 6.02. The Hall–Kier alpha value is -2.93. The number of aromatic amines is 1. The lowest BCUT2D eigenvalue weighted by Crippen LogP contribution is -2.18. The van der Waals surface area contributed by atoms with Crippen LogP contribution in [0.4, 0.5) is 0 Å². The van der Waals surface area contributed by atoms with Gasteiger partial charge in [0.05, 0.1) is 11.3 Å². The predicted molar refractivity (Wildman–Crippen MR) is 79.7 cm³/mol. The van der Waals surface area contributed by atoms with E-state index in [0.29, 0.717) is 22.1 Å². The van der Waals surface area contributed by atoms with Gasteiger partial charge in [-0.15, -0.1) is 0 Å². The van der Waals surface area contributed by atoms with Crippen LogP contribution in [0.2, 0.25) is 5.02 Å². The Kier molecular flexibility index (Phi) is 4.20. The molecular formula is C15H10ClN3O4. The molecule has 0 aliphatic heterocycles. The number of carbonyl (C=O) groups excluding carboxylic acids is 2. The van der Waals surface area contributed by atoms with Gasteiger partial charge >= 0.3 is 0 Å². The lowest BCUT2D eigenvalue weighted by molar-refractivity contribution is -0.114. The SMILES string of the molecule is O=C(Cc1cocc1Oc1ccccc1Cl)C(=O)c1ncn[nH]1. The van der Waals surface area contributed by atoms with E-state index in [1.165, 1.54) is 12.5 Å². The van der Waals surface area contributed by atoms with Crippen LogP contribution < -0.4 is 4.74 Å². The molecule has 0 bridgehead atoms. The van der Waals surface area contributed by atoms with Crippen LogP contribution in [0.15, 0.2) is 47.5 Å². The molecule has 0 amide bonds. The topological polar surface area (TPSA) is 98.1 Å². The van der Waals surface area contributed by atoms with Crippen molar-refractivity contribution in [3.63, 3.8) is 0 Å². The van der Waals surface area contributed by atoms with E-state index in [2.05, 4.69) is 15.2 Å². The Balaban J connectivity index is 1.75. The number of ketones is 2. The first-order valence-corrected chi connectivity index (χ1v) is 6.93. The van der Waals surface area contributed by atoms with Crippen LogP contribution in [0.25, 0.3) is 0 Å². The molecule has 3 rings (SSSR count). The third kappa shape index (κ3) is 3.29. The number of furan rings is 1. The number of nitrogens with zero attached hydrogens (tertiary/aromatic N) is 2. The molecule has 0 spiro atoms. The number of Topliss-reactive ketones (excluding diaryl/α,β-unsaturated/α-hetero) is 2. The maximum atomic E-state index is 12.0. The average molecular weight is 332 g/mol. The molecule has 0 unspecified atom stereocenters. The third-order valence-corrected chi connectivity index (χ3v) is 3.31. The highest BCUT2D eigenvalue weighted by Gasteiger charge is 2.22. The Labute approximate surface area is 135 Å². The summed E-state index contributed by atoms with van der Waals surface area (Å²) in [6.45, 7) is 0. The quantitative estimate of drug-likeness (QED) is 0.551. The number of ether oxygens (including phenoxy) is 1. The van der Waals surface area contributed by atoms with Crippen LogP contribution >= 0.6 is 11.6 Å². The minimum Gasteiger partial charge on any atom is -0.468 e. The van der Waals surface area contributed by atoms with E-state index in [-0.39, 0.29) is 12.2 Å². The molecule has 3 aromatic rings. The molecule has 0 fully saturated rings. The molecule has 0 aliphatic rings. The van der Waals surface area contributed by atoms with Crippen molar-refractivity contribution in [2.24, 2.45) is 0 Å². The standard InChI is InChI=1S/C15H10ClN3O4/c16-10-3-1-2-4-12(10)23-13-7-22-6-9(13)5-11(20)14(21)15-17-8-18-19-15/h1-4,6-8H,5H2,(H,17,18,19). The van der Waals surface area contributed by atoms with Crippen molar-refractivity contribution in [3.05, 3.63) is 59.5 Å². The first-order chi connectivity index (χ1) is 11.1. The van der Waals surface area contributed by atoms with Crippen molar-refractivity contribution < 1.29 is 18.7 Å². The average Bonchev–Trinajstić information content (AvgIpc) is 3.21. The van der Waals surface area contributed by atoms with E-state index in [1.807, 2.05) is 0 Å². The summed E-state index contributed by atoms with van der Waals surface area (Å²) in [7, 11) is 0. The van der Waals surface area contributed by atoms with Gasteiger partial charge in [-0.05, 0) is 12.1 Å². The molecule has 0 radical (unpaired) electrons. The fourth-order valence-electron chi connectivity index (χ4n) is 1.88. The first kappa shape index (κ1) is 15.0. The Morgan fingerprint density at radius 2 is 2.04 bits per heavy atom. The Morgan fingerprint density at radius 3 is 2.78 bits per heavy atom. The molecule has 7 nitrogen and oxygen atoms in total. The fraction of sp³-hybridized carbons (Fsp3) is 0.0667. The van der Waals surface area contributed by atoms with E-state index >= 15 is 0 Å². The number of aromatic nitrogens is 3. The van der Waals surface area contributed by atoms with Gasteiger partial charge in [0.2, 0.25) is 5.78 Å². The number of benzene rings is 1. The van der Waals surface area contributed by atoms with Crippen LogP contribution in [0.5, 0.6) is 11.5 Å². The monoisotopic (exact) mass is 331 g/mol. The minimum atomic E-state index is -0.757. The van der Waals surface area contributed by atoms with Crippen molar-refractivity contribution in [2.75, 3.05) is 0 Å². The van der Waals surface area contributed by atoms with Crippen LogP contribution in [0, 0.1) is 0 Å². The highest BCUT2D eigenvalue weighted by molar-refractivity contribution is 6.43. The smallest absolute Gasteiger partial charge is 0.265 e. The molecule has 2 aromatic heterocycles. The number of halogens is 1. The van der Waals surface area contributed by atoms with Gasteiger partial charge in [-0.3, -0.25) is 14.7 Å². The van der Waals surface area contributed by atoms with Gasteiger partial charge in [0, 0.05) is 12.0 Å². The van der Waals surface area contributed by atoms with Crippen LogP contribution in [0.3, 0.4) is 0 Å². The van der Waals surface area contributed by atoms with Gasteiger partial charge in [0.1, 0.15) is 18.3 Å². The highest BCUT2D eigenvalue weighted by Crippen LogP contribution is 2.31. The van der Waals surface area contributed by atoms with E-state index in [4.69, 9.17) is 20.8 Å². The van der Waals surface area contributed by atoms with Gasteiger partial charge in [-0.2, -0.15) is 5.10 Å². The van der Waals surface area contributed by atoms with Crippen molar-refractivity contribution >= 4 is 23.2 Å². The molecule has 0 aliphatic carbocycles. The van der Waals surface area contributed by atoms with Gasteiger partial charge in [0.25, 0.3) is 5.78 Å². The zero-order chi connectivity index (χ0) is 16.2. The molecule has 23 heavy (non-hydrogen) atoms. The van der Waals surface area contributed by atoms with Crippen molar-refractivity contribution in [3.8, 4) is 11.5 Å². The lowest BCUT2D eigenvalue weighted by Gasteiger charge is -2.06. The van der Waals surface area contributed by atoms with Gasteiger partial charge in [0.15, 0.2) is 11.6 Å². The van der Waals surface area contributed by atoms with Crippen LogP contribution in [-0.4, -0.2) is 26.7 Å². The Morgan fingerprint density at radius 1 is 1.22 bits per heavy atom. The molecule has 1 N–H and O–H groups in total. The summed E-state index contributed by atoms with van der Waals surface area (Å²) in [6.07, 6.45) is 3.66. The largest absolute Gasteiger partial charge is 0.468 e. The van der Waals surface area contributed by atoms with E-state index < -0.39 is 11.6 Å². The first-order valence-electron chi connectivity index (χ1n) is 6.55. The van der Waals surface area contributed by atoms with Gasteiger partial charge in [-0.1, -0.05) is 23.7 Å². The summed E-state index contributed by atoms with van der Waals surface area (Å²) in [4.78, 5) is 27.6. The number of carbonyl (C=O) groups is 2. The maximum Gasteiger partial charge on any atom is 0.265 e. The second-order valence-electron chi connectivity index (χ2n) is 4.56. The number of hydrogen-bond donors (Lipinski definition) is 1. The number of rotatable bonds is 6. The summed E-state index contributed by atoms with van der Waals surface area (Å²) in [5, 5.41) is 6.31. The van der Waals surface area contributed by atoms with Crippen LogP contribution in [0.1, 0.15) is 16.2 Å². The molecule has 1 aromatic carbocycles. The minimum absolute atomic E-state index is 0.105. The van der Waals surface area contributed by atoms with Crippen LogP contribution in [-0.2, 0) is 11.2 Å². The second kappa shape index (κ2) is 6.45. The van der Waals surface area contributed by atoms with E-state index in [1.54, 1.807) is 24.3 Å². The fourth-order valence-corrected chi connectivity index (χ4v) is 2.05. The Bertz CT molecular complexity index is 842. The summed E-state index contributed by atoms with van der Waals surface area (Å²) in [6, 6.07) is 6.89. The van der Waals surface area contributed by atoms with Crippen molar-refractivity contribution in [1.29, 1.82) is 0 Å². The van der Waals surface area contributed by atoms with E-state index in [9.17, 15) is 9.59 Å². The normalized spacial score (nSPS) is 10.5. The molecule has 0 saturated carbocycles. The zero-order valence-electron chi connectivity index (χ0n) is 11.7. The number of H-pyrrole nitrogens is 1. The van der Waals surface area contributed by atoms with Crippen molar-refractivity contribution in [1.82, 2.24) is 15.2 Å². The molecule has 2 heterocycles. The number of nitrogens with one attached hydrogen (secondary N) is 1. The molecule has 116 valence electrons. The lowest BCUT2D eigenvalue weighted by atomic mass is 10.1. The number of hydrogen-bond acceptors (Lipinski definition) is 6. The molecule has 8 heteroatoms. The molecule has 0 atom stereocenters. The van der Waals surface area contributed by atoms with Gasteiger partial charge < -0.3 is 9.15 Å². The van der Waals surface area contributed by atoms with Crippen molar-refractivity contribution in [2.45, 2.75) is 6.42 Å². The number of para-hydroxylation sites is 1. The summed E-state index contributed by atoms with van der Waals surface area (Å²) in [5.74, 6) is -0.783. The highest BCUT2D eigenvalue weighted by atomic mass is 35.5. The predicted octanol–water partition coefficient (Wildman–Crippen LogP) is 2.84. The summed E-state index contributed by atoms with van der Waals surface area (Å²) < 4.78 is 10.7. The molecular weight excluding hydrogens is 322 g/mol. The van der Waals surface area contributed by atoms with Gasteiger partial charge in [-0.25, -0.2) is 4.98 Å². The maximum absolute atomic E-state index is 12.0. The van der Waals surface area contributed by atoms with E-state index in [0.717, 1.165) is 6.33 Å². The molecule has 0 saturated heterocycles.